The van der Waals surface area contributed by atoms with Crippen LogP contribution >= 0.6 is 0 Å². The number of rotatable bonds is 4. The van der Waals surface area contributed by atoms with Crippen LogP contribution in [-0.2, 0) is 4.79 Å². The molecule has 0 unspecified atom stereocenters. The van der Waals surface area contributed by atoms with Gasteiger partial charge in [0.15, 0.2) is 0 Å². The standard InChI is InChI=1S/C23H16O3/c24-14-6-12-18-17-10-4-5-11-19(17)23(25)22(20-13-7-15-26-20)21(18)16-8-2-1-3-9-16/h1-15,25H/b12-6+. The first-order valence-electron chi connectivity index (χ1n) is 8.30. The average molecular weight is 340 g/mol. The van der Waals surface area contributed by atoms with Gasteiger partial charge in [0, 0.05) is 10.9 Å². The Morgan fingerprint density at radius 1 is 0.808 bits per heavy atom. The van der Waals surface area contributed by atoms with Crippen LogP contribution in [0.5, 0.6) is 5.75 Å². The van der Waals surface area contributed by atoms with Gasteiger partial charge < -0.3 is 9.52 Å². The Hall–Kier alpha value is -3.59. The second-order valence-corrected chi connectivity index (χ2v) is 5.90. The number of phenolic OH excluding ortho intramolecular Hbond substituents is 1. The largest absolute Gasteiger partial charge is 0.507 e. The van der Waals surface area contributed by atoms with Crippen LogP contribution in [0.3, 0.4) is 0 Å². The normalized spacial score (nSPS) is 11.2. The smallest absolute Gasteiger partial charge is 0.142 e. The lowest BCUT2D eigenvalue weighted by Crippen LogP contribution is -1.93. The van der Waals surface area contributed by atoms with Gasteiger partial charge in [0.25, 0.3) is 0 Å². The zero-order valence-electron chi connectivity index (χ0n) is 13.9. The first-order valence-corrected chi connectivity index (χ1v) is 8.30. The third kappa shape index (κ3) is 2.60. The lowest BCUT2D eigenvalue weighted by atomic mass is 9.87. The maximum atomic E-state index is 11.1. The molecule has 26 heavy (non-hydrogen) atoms. The lowest BCUT2D eigenvalue weighted by Gasteiger charge is -2.17. The van der Waals surface area contributed by atoms with Crippen molar-refractivity contribution in [3.05, 3.63) is 84.6 Å². The zero-order valence-corrected chi connectivity index (χ0v) is 13.9. The van der Waals surface area contributed by atoms with Crippen LogP contribution in [-0.4, -0.2) is 11.4 Å². The molecule has 0 fully saturated rings. The quantitative estimate of drug-likeness (QED) is 0.384. The summed E-state index contributed by atoms with van der Waals surface area (Å²) in [5, 5.41) is 12.6. The van der Waals surface area contributed by atoms with Gasteiger partial charge in [-0.05, 0) is 34.7 Å². The molecule has 0 amide bonds. The van der Waals surface area contributed by atoms with Crippen molar-refractivity contribution in [2.24, 2.45) is 0 Å². The molecule has 0 aliphatic rings. The van der Waals surface area contributed by atoms with E-state index in [1.165, 1.54) is 6.08 Å². The summed E-state index contributed by atoms with van der Waals surface area (Å²) >= 11 is 0. The molecule has 0 radical (unpaired) electrons. The van der Waals surface area contributed by atoms with E-state index in [1.54, 1.807) is 18.4 Å². The van der Waals surface area contributed by atoms with Crippen LogP contribution in [0.4, 0.5) is 0 Å². The number of hydrogen-bond donors (Lipinski definition) is 1. The van der Waals surface area contributed by atoms with Crippen molar-refractivity contribution in [2.75, 3.05) is 0 Å². The van der Waals surface area contributed by atoms with Crippen molar-refractivity contribution in [1.82, 2.24) is 0 Å². The fourth-order valence-corrected chi connectivity index (χ4v) is 3.32. The third-order valence-corrected chi connectivity index (χ3v) is 4.40. The summed E-state index contributed by atoms with van der Waals surface area (Å²) in [4.78, 5) is 11.0. The molecule has 0 bridgehead atoms. The van der Waals surface area contributed by atoms with Crippen LogP contribution in [0.15, 0.2) is 83.5 Å². The predicted octanol–water partition coefficient (Wildman–Crippen LogP) is 5.68. The Labute approximate surface area is 150 Å². The van der Waals surface area contributed by atoms with Gasteiger partial charge in [0.05, 0.1) is 11.8 Å². The maximum absolute atomic E-state index is 11.1. The number of furan rings is 1. The average Bonchev–Trinajstić information content (AvgIpc) is 3.22. The highest BCUT2D eigenvalue weighted by Gasteiger charge is 2.21. The van der Waals surface area contributed by atoms with Crippen molar-refractivity contribution in [3.63, 3.8) is 0 Å². The topological polar surface area (TPSA) is 50.4 Å². The monoisotopic (exact) mass is 340 g/mol. The van der Waals surface area contributed by atoms with Gasteiger partial charge in [0.2, 0.25) is 0 Å². The molecule has 3 heteroatoms. The van der Waals surface area contributed by atoms with E-state index in [4.69, 9.17) is 4.42 Å². The summed E-state index contributed by atoms with van der Waals surface area (Å²) in [5.74, 6) is 0.741. The molecule has 4 rings (SSSR count). The number of aldehydes is 1. The van der Waals surface area contributed by atoms with E-state index in [0.717, 1.165) is 28.4 Å². The molecule has 0 aliphatic carbocycles. The Morgan fingerprint density at radius 3 is 2.23 bits per heavy atom. The minimum atomic E-state index is 0.164. The van der Waals surface area contributed by atoms with Gasteiger partial charge in [-0.25, -0.2) is 0 Å². The fraction of sp³-hybridized carbons (Fsp3) is 0. The number of hydrogen-bond acceptors (Lipinski definition) is 3. The van der Waals surface area contributed by atoms with Crippen molar-refractivity contribution in [3.8, 4) is 28.2 Å². The summed E-state index contributed by atoms with van der Waals surface area (Å²) < 4.78 is 5.62. The Balaban J connectivity index is 2.22. The number of phenols is 1. The maximum Gasteiger partial charge on any atom is 0.142 e. The molecule has 0 aliphatic heterocycles. The molecule has 0 atom stereocenters. The first-order chi connectivity index (χ1) is 12.8. The van der Waals surface area contributed by atoms with E-state index >= 15 is 0 Å². The molecular formula is C23H16O3. The van der Waals surface area contributed by atoms with E-state index in [-0.39, 0.29) is 5.75 Å². The minimum Gasteiger partial charge on any atom is -0.507 e. The second-order valence-electron chi connectivity index (χ2n) is 5.90. The minimum absolute atomic E-state index is 0.164. The van der Waals surface area contributed by atoms with Gasteiger partial charge in [0.1, 0.15) is 17.8 Å². The van der Waals surface area contributed by atoms with Crippen LogP contribution in [0.25, 0.3) is 39.3 Å². The van der Waals surface area contributed by atoms with Crippen molar-refractivity contribution < 1.29 is 14.3 Å². The van der Waals surface area contributed by atoms with Crippen LogP contribution in [0.2, 0.25) is 0 Å². The first kappa shape index (κ1) is 15.9. The molecule has 4 aromatic rings. The van der Waals surface area contributed by atoms with E-state index < -0.39 is 0 Å². The Kier molecular flexibility index (Phi) is 4.12. The summed E-state index contributed by atoms with van der Waals surface area (Å²) in [7, 11) is 0. The van der Waals surface area contributed by atoms with E-state index in [1.807, 2.05) is 60.7 Å². The number of benzene rings is 3. The molecule has 1 heterocycles. The zero-order chi connectivity index (χ0) is 17.9. The van der Waals surface area contributed by atoms with Gasteiger partial charge in [-0.3, -0.25) is 4.79 Å². The molecule has 3 nitrogen and oxygen atoms in total. The van der Waals surface area contributed by atoms with Crippen molar-refractivity contribution in [1.29, 1.82) is 0 Å². The van der Waals surface area contributed by atoms with Crippen LogP contribution < -0.4 is 0 Å². The molecule has 126 valence electrons. The molecule has 1 aromatic heterocycles. The van der Waals surface area contributed by atoms with Gasteiger partial charge in [-0.1, -0.05) is 60.7 Å². The number of allylic oxidation sites excluding steroid dienone is 1. The van der Waals surface area contributed by atoms with Crippen LogP contribution in [0, 0.1) is 0 Å². The third-order valence-electron chi connectivity index (χ3n) is 4.40. The highest BCUT2D eigenvalue weighted by molar-refractivity contribution is 6.08. The number of fused-ring (bicyclic) bond motifs is 1. The number of aromatic hydroxyl groups is 1. The van der Waals surface area contributed by atoms with Gasteiger partial charge >= 0.3 is 0 Å². The van der Waals surface area contributed by atoms with E-state index in [2.05, 4.69) is 0 Å². The Morgan fingerprint density at radius 2 is 1.54 bits per heavy atom. The predicted molar refractivity (Wildman–Crippen MR) is 104 cm³/mol. The summed E-state index contributed by atoms with van der Waals surface area (Å²) in [5.41, 5.74) is 3.24. The molecule has 3 aromatic carbocycles. The number of carbonyl (C=O) groups is 1. The second kappa shape index (κ2) is 6.73. The SMILES string of the molecule is O=C/C=C/c1c(-c2ccccc2)c(-c2ccco2)c(O)c2ccccc12. The van der Waals surface area contributed by atoms with Gasteiger partial charge in [-0.15, -0.1) is 0 Å². The molecule has 1 N–H and O–H groups in total. The van der Waals surface area contributed by atoms with E-state index in [9.17, 15) is 9.90 Å². The van der Waals surface area contributed by atoms with Crippen LogP contribution in [0.1, 0.15) is 5.56 Å². The lowest BCUT2D eigenvalue weighted by molar-refractivity contribution is -0.104. The molecule has 0 saturated heterocycles. The summed E-state index contributed by atoms with van der Waals surface area (Å²) in [6.45, 7) is 0. The molecule has 0 spiro atoms. The van der Waals surface area contributed by atoms with Crippen molar-refractivity contribution in [2.45, 2.75) is 0 Å². The van der Waals surface area contributed by atoms with Crippen molar-refractivity contribution >= 4 is 23.1 Å². The van der Waals surface area contributed by atoms with E-state index in [0.29, 0.717) is 16.7 Å². The molecular weight excluding hydrogens is 324 g/mol. The summed E-state index contributed by atoms with van der Waals surface area (Å²) in [6.07, 6.45) is 5.59. The highest BCUT2D eigenvalue weighted by Crippen LogP contribution is 2.47. The van der Waals surface area contributed by atoms with Gasteiger partial charge in [-0.2, -0.15) is 0 Å². The highest BCUT2D eigenvalue weighted by atomic mass is 16.3. The summed E-state index contributed by atoms with van der Waals surface area (Å²) in [6, 6.07) is 21.0. The molecule has 0 saturated carbocycles. The Bertz CT molecular complexity index is 1090. The fourth-order valence-electron chi connectivity index (χ4n) is 3.32. The number of carbonyl (C=O) groups excluding carboxylic acids is 1.